The number of methoxy groups -OCH3 is 1. The number of carbonyl (C=O) groups is 1. The quantitative estimate of drug-likeness (QED) is 0.346. The zero-order valence-corrected chi connectivity index (χ0v) is 15.0. The lowest BCUT2D eigenvalue weighted by molar-refractivity contribution is -0.138. The van der Waals surface area contributed by atoms with Crippen molar-refractivity contribution in [2.75, 3.05) is 13.7 Å². The second-order valence-electron chi connectivity index (χ2n) is 5.05. The molecule has 1 atom stereocenters. The molecule has 0 aliphatic heterocycles. The van der Waals surface area contributed by atoms with Crippen LogP contribution in [-0.4, -0.2) is 35.5 Å². The van der Waals surface area contributed by atoms with Gasteiger partial charge in [0.05, 0.1) is 28.3 Å². The van der Waals surface area contributed by atoms with Gasteiger partial charge in [-0.05, 0) is 57.3 Å². The summed E-state index contributed by atoms with van der Waals surface area (Å²) >= 11 is 0. The van der Waals surface area contributed by atoms with Crippen molar-refractivity contribution in [1.29, 1.82) is 0 Å². The molecule has 0 aliphatic rings. The van der Waals surface area contributed by atoms with Crippen molar-refractivity contribution in [3.8, 4) is 5.75 Å². The fourth-order valence-corrected chi connectivity index (χ4v) is 3.46. The molecule has 0 radical (unpaired) electrons. The van der Waals surface area contributed by atoms with Crippen LogP contribution in [0.25, 0.3) is 0 Å². The van der Waals surface area contributed by atoms with Crippen molar-refractivity contribution in [1.82, 2.24) is 0 Å². The molecule has 6 heteroatoms. The smallest absolute Gasteiger partial charge is 0.333 e. The van der Waals surface area contributed by atoms with Crippen LogP contribution >= 0.6 is 0 Å². The van der Waals surface area contributed by atoms with E-state index in [2.05, 4.69) is 10.3 Å². The van der Waals surface area contributed by atoms with E-state index in [1.165, 1.54) is 0 Å². The predicted octanol–water partition coefficient (Wildman–Crippen LogP) is 2.96. The van der Waals surface area contributed by atoms with E-state index in [-0.39, 0.29) is 0 Å². The van der Waals surface area contributed by atoms with E-state index in [0.29, 0.717) is 28.5 Å². The number of carbonyl (C=O) groups excluding carboxylic acids is 1. The predicted molar refractivity (Wildman–Crippen MR) is 94.8 cm³/mol. The van der Waals surface area contributed by atoms with Crippen LogP contribution in [0.3, 0.4) is 0 Å². The summed E-state index contributed by atoms with van der Waals surface area (Å²) in [6, 6.07) is 5.27. The number of rotatable bonds is 6. The van der Waals surface area contributed by atoms with Crippen molar-refractivity contribution in [3.05, 3.63) is 35.4 Å². The number of nitrogens with zero attached hydrogens (tertiary/aromatic N) is 1. The average molecular weight is 337 g/mol. The molecule has 0 aliphatic carbocycles. The number of hydrogen-bond donors (Lipinski definition) is 0. The molecule has 0 fully saturated rings. The Kier molecular flexibility index (Phi) is 6.57. The van der Waals surface area contributed by atoms with Crippen molar-refractivity contribution in [2.24, 2.45) is 4.40 Å². The molecule has 126 valence electrons. The summed E-state index contributed by atoms with van der Waals surface area (Å²) < 4.78 is 27.1. The van der Waals surface area contributed by atoms with Gasteiger partial charge in [-0.1, -0.05) is 6.07 Å². The summed E-state index contributed by atoms with van der Waals surface area (Å²) in [4.78, 5) is 12.1. The Bertz CT molecular complexity index is 746. The molecule has 1 rings (SSSR count). The maximum absolute atomic E-state index is 12.9. The Morgan fingerprint density at radius 2 is 2.04 bits per heavy atom. The molecule has 0 N–H and O–H groups in total. The number of hydrogen-bond acceptors (Lipinski definition) is 4. The molecule has 5 nitrogen and oxygen atoms in total. The maximum Gasteiger partial charge on any atom is 0.333 e. The van der Waals surface area contributed by atoms with Gasteiger partial charge in [-0.25, -0.2) is 9.00 Å². The molecule has 0 heterocycles. The van der Waals surface area contributed by atoms with Gasteiger partial charge in [-0.2, -0.15) is 4.40 Å². The van der Waals surface area contributed by atoms with Crippen molar-refractivity contribution >= 4 is 27.3 Å². The van der Waals surface area contributed by atoms with Crippen LogP contribution < -0.4 is 4.74 Å². The van der Waals surface area contributed by atoms with Crippen molar-refractivity contribution in [3.63, 3.8) is 0 Å². The Morgan fingerprint density at radius 1 is 1.39 bits per heavy atom. The lowest BCUT2D eigenvalue weighted by Gasteiger charge is -2.10. The van der Waals surface area contributed by atoms with Crippen LogP contribution in [0.4, 0.5) is 0 Å². The minimum Gasteiger partial charge on any atom is -0.497 e. The van der Waals surface area contributed by atoms with Gasteiger partial charge in [-0.15, -0.1) is 0 Å². The van der Waals surface area contributed by atoms with E-state index in [1.807, 2.05) is 13.0 Å². The van der Waals surface area contributed by atoms with Crippen LogP contribution in [-0.2, 0) is 19.2 Å². The Labute approximate surface area is 138 Å². The normalized spacial score (nSPS) is 15.0. The molecule has 0 spiro atoms. The van der Waals surface area contributed by atoms with Gasteiger partial charge >= 0.3 is 5.97 Å². The zero-order valence-electron chi connectivity index (χ0n) is 14.2. The first kappa shape index (κ1) is 19.0. The van der Waals surface area contributed by atoms with Crippen LogP contribution in [0.15, 0.2) is 39.1 Å². The zero-order chi connectivity index (χ0) is 17.6. The molecule has 0 aromatic heterocycles. The second-order valence-corrected chi connectivity index (χ2v) is 6.96. The second kappa shape index (κ2) is 7.97. The van der Waals surface area contributed by atoms with E-state index in [1.54, 1.807) is 46.1 Å². The number of aryl methyl sites for hydroxylation is 1. The molecular formula is C17H23NO4S. The lowest BCUT2D eigenvalue weighted by atomic mass is 10.2. The molecule has 1 aromatic rings. The van der Waals surface area contributed by atoms with E-state index in [4.69, 9.17) is 9.47 Å². The van der Waals surface area contributed by atoms with E-state index in [9.17, 15) is 9.00 Å². The van der Waals surface area contributed by atoms with Gasteiger partial charge < -0.3 is 9.47 Å². The monoisotopic (exact) mass is 337 g/mol. The highest BCUT2D eigenvalue weighted by Gasteiger charge is 2.12. The molecule has 23 heavy (non-hydrogen) atoms. The largest absolute Gasteiger partial charge is 0.497 e. The van der Waals surface area contributed by atoms with Crippen LogP contribution in [0.1, 0.15) is 26.3 Å². The maximum atomic E-state index is 12.9. The third kappa shape index (κ3) is 5.25. The number of benzene rings is 1. The molecule has 1 aromatic carbocycles. The fraction of sp³-hybridized carbons (Fsp3) is 0.353. The van der Waals surface area contributed by atoms with E-state index in [0.717, 1.165) is 5.56 Å². The summed E-state index contributed by atoms with van der Waals surface area (Å²) in [5, 5.41) is 0. The van der Waals surface area contributed by atoms with Gasteiger partial charge in [0.25, 0.3) is 0 Å². The Morgan fingerprint density at radius 3 is 2.61 bits per heavy atom. The number of allylic oxidation sites excluding steroid dienone is 1. The summed E-state index contributed by atoms with van der Waals surface area (Å²) in [7, 11) is -1.35. The first-order chi connectivity index (χ1) is 10.7. The van der Waals surface area contributed by atoms with Gasteiger partial charge in [0.1, 0.15) is 5.75 Å². The first-order valence-corrected chi connectivity index (χ1v) is 8.83. The van der Waals surface area contributed by atoms with E-state index >= 15 is 0 Å². The molecule has 0 saturated carbocycles. The SMILES string of the molecule is C=S(=O)(N=C(C)/C=C(\C)C(=O)OCC)c1cc(OC)ccc1C. The third-order valence-electron chi connectivity index (χ3n) is 3.05. The van der Waals surface area contributed by atoms with Crippen molar-refractivity contribution < 1.29 is 18.5 Å². The molecule has 0 amide bonds. The third-order valence-corrected chi connectivity index (χ3v) is 4.76. The molecule has 1 unspecified atom stereocenters. The van der Waals surface area contributed by atoms with Crippen molar-refractivity contribution in [2.45, 2.75) is 32.6 Å². The highest BCUT2D eigenvalue weighted by molar-refractivity contribution is 7.99. The van der Waals surface area contributed by atoms with Gasteiger partial charge in [-0.3, -0.25) is 0 Å². The summed E-state index contributed by atoms with van der Waals surface area (Å²) in [5.74, 6) is 3.91. The van der Waals surface area contributed by atoms with Crippen LogP contribution in [0.5, 0.6) is 5.75 Å². The summed E-state index contributed by atoms with van der Waals surface area (Å²) in [5.41, 5.74) is 1.65. The van der Waals surface area contributed by atoms with Gasteiger partial charge in [0, 0.05) is 11.3 Å². The van der Waals surface area contributed by atoms with Gasteiger partial charge in [0.15, 0.2) is 0 Å². The summed E-state index contributed by atoms with van der Waals surface area (Å²) in [6.07, 6.45) is 1.54. The summed E-state index contributed by atoms with van der Waals surface area (Å²) in [6.45, 7) is 7.17. The van der Waals surface area contributed by atoms with Crippen LogP contribution in [0, 0.1) is 6.92 Å². The highest BCUT2D eigenvalue weighted by Crippen LogP contribution is 2.23. The minimum absolute atomic E-state index is 0.301. The molecule has 0 bridgehead atoms. The number of ether oxygens (including phenoxy) is 2. The number of esters is 1. The lowest BCUT2D eigenvalue weighted by Crippen LogP contribution is -2.08. The molecule has 0 saturated heterocycles. The topological polar surface area (TPSA) is 65.0 Å². The molecular weight excluding hydrogens is 314 g/mol. The van der Waals surface area contributed by atoms with E-state index < -0.39 is 15.7 Å². The fourth-order valence-electron chi connectivity index (χ4n) is 1.98. The highest BCUT2D eigenvalue weighted by atomic mass is 32.2. The average Bonchev–Trinajstić information content (AvgIpc) is 2.47. The Balaban J connectivity index is 3.19. The standard InChI is InChI=1S/C17H23NO4S/c1-7-22-17(19)13(3)10-14(4)18-23(6,20)16-11-15(21-5)9-8-12(16)2/h8-11H,6-7H2,1-5H3/b13-10+,18-14?. The van der Waals surface area contributed by atoms with Crippen LogP contribution in [0.2, 0.25) is 0 Å². The Hall–Kier alpha value is -2.08. The minimum atomic E-state index is -2.90. The van der Waals surface area contributed by atoms with Gasteiger partial charge in [0.2, 0.25) is 0 Å². The first-order valence-electron chi connectivity index (χ1n) is 7.15.